The molecular formula is C30H48O2. The summed E-state index contributed by atoms with van der Waals surface area (Å²) < 4.78 is 0. The van der Waals surface area contributed by atoms with Crippen LogP contribution < -0.4 is 0 Å². The molecule has 2 nitrogen and oxygen atoms in total. The van der Waals surface area contributed by atoms with Crippen molar-refractivity contribution in [2.45, 2.75) is 119 Å². The first kappa shape index (κ1) is 23.1. The fourth-order valence-corrected chi connectivity index (χ4v) is 10.6. The minimum Gasteiger partial charge on any atom is -0.381 e. The maximum absolute atomic E-state index is 12.7. The van der Waals surface area contributed by atoms with Gasteiger partial charge in [-0.2, -0.15) is 0 Å². The van der Waals surface area contributed by atoms with Crippen LogP contribution in [-0.2, 0) is 4.79 Å². The van der Waals surface area contributed by atoms with Crippen LogP contribution >= 0.6 is 0 Å². The van der Waals surface area contributed by atoms with Crippen molar-refractivity contribution in [3.8, 4) is 0 Å². The van der Waals surface area contributed by atoms with Gasteiger partial charge in [0.25, 0.3) is 0 Å². The van der Waals surface area contributed by atoms with Crippen LogP contribution in [0.25, 0.3) is 0 Å². The molecule has 32 heavy (non-hydrogen) atoms. The van der Waals surface area contributed by atoms with E-state index >= 15 is 0 Å². The summed E-state index contributed by atoms with van der Waals surface area (Å²) in [4.78, 5) is 12.7. The van der Waals surface area contributed by atoms with Gasteiger partial charge in [-0.3, -0.25) is 4.79 Å². The molecule has 0 radical (unpaired) electrons. The van der Waals surface area contributed by atoms with Gasteiger partial charge in [0.1, 0.15) is 5.60 Å². The minimum atomic E-state index is -1.25. The Morgan fingerprint density at radius 1 is 0.750 bits per heavy atom. The van der Waals surface area contributed by atoms with Crippen molar-refractivity contribution in [3.63, 3.8) is 0 Å². The predicted octanol–water partition coefficient (Wildman–Crippen LogP) is 7.35. The van der Waals surface area contributed by atoms with Crippen LogP contribution in [0.3, 0.4) is 0 Å². The summed E-state index contributed by atoms with van der Waals surface area (Å²) in [5.41, 5.74) is 0.224. The van der Waals surface area contributed by atoms with Crippen molar-refractivity contribution >= 4 is 5.78 Å². The second-order valence-electron chi connectivity index (χ2n) is 15.2. The molecule has 5 rings (SSSR count). The smallest absolute Gasteiger partial charge is 0.187 e. The highest BCUT2D eigenvalue weighted by atomic mass is 16.3. The average molecular weight is 441 g/mol. The zero-order chi connectivity index (χ0) is 23.6. The molecule has 180 valence electrons. The molecule has 0 unspecified atom stereocenters. The molecule has 0 aromatic rings. The van der Waals surface area contributed by atoms with E-state index in [0.717, 1.165) is 18.8 Å². The Hall–Kier alpha value is -0.630. The van der Waals surface area contributed by atoms with Gasteiger partial charge in [-0.1, -0.05) is 54.5 Å². The largest absolute Gasteiger partial charge is 0.381 e. The van der Waals surface area contributed by atoms with Crippen molar-refractivity contribution in [1.29, 1.82) is 0 Å². The number of fused-ring (bicyclic) bond motifs is 7. The van der Waals surface area contributed by atoms with Crippen molar-refractivity contribution in [3.05, 3.63) is 12.2 Å². The molecule has 0 heterocycles. The van der Waals surface area contributed by atoms with E-state index in [-0.39, 0.29) is 22.5 Å². The van der Waals surface area contributed by atoms with E-state index in [1.54, 1.807) is 13.0 Å². The van der Waals surface area contributed by atoms with E-state index in [1.165, 1.54) is 44.9 Å². The van der Waals surface area contributed by atoms with E-state index in [2.05, 4.69) is 54.5 Å². The van der Waals surface area contributed by atoms with Crippen molar-refractivity contribution in [2.75, 3.05) is 0 Å². The van der Waals surface area contributed by atoms with Crippen molar-refractivity contribution < 1.29 is 9.90 Å². The zero-order valence-electron chi connectivity index (χ0n) is 22.1. The quantitative estimate of drug-likeness (QED) is 0.427. The Balaban J connectivity index is 1.58. The Morgan fingerprint density at radius 2 is 1.34 bits per heavy atom. The van der Waals surface area contributed by atoms with Crippen LogP contribution in [0, 0.1) is 50.2 Å². The first-order chi connectivity index (χ1) is 14.6. The topological polar surface area (TPSA) is 37.3 Å². The Labute approximate surface area is 197 Å². The number of carbonyl (C=O) groups excluding carboxylic acids is 1. The number of hydrogen-bond donors (Lipinski definition) is 1. The summed E-state index contributed by atoms with van der Waals surface area (Å²) in [7, 11) is 0. The molecule has 5 aliphatic rings. The van der Waals surface area contributed by atoms with Gasteiger partial charge in [0.05, 0.1) is 0 Å². The molecule has 0 saturated heterocycles. The molecule has 0 aliphatic heterocycles. The lowest BCUT2D eigenvalue weighted by Gasteiger charge is -2.74. The van der Waals surface area contributed by atoms with Gasteiger partial charge in [-0.05, 0) is 116 Å². The van der Waals surface area contributed by atoms with Gasteiger partial charge in [-0.25, -0.2) is 0 Å². The lowest BCUT2D eigenvalue weighted by molar-refractivity contribution is -0.257. The molecule has 0 spiro atoms. The molecular weight excluding hydrogens is 392 g/mol. The summed E-state index contributed by atoms with van der Waals surface area (Å²) in [6.07, 6.45) is 15.4. The number of carbonyl (C=O) groups is 1. The third kappa shape index (κ3) is 2.55. The summed E-state index contributed by atoms with van der Waals surface area (Å²) in [5, 5.41) is 11.4. The number of ketones is 1. The zero-order valence-corrected chi connectivity index (χ0v) is 22.1. The summed E-state index contributed by atoms with van der Waals surface area (Å²) in [6.45, 7) is 19.5. The minimum absolute atomic E-state index is 0.0944. The first-order valence-electron chi connectivity index (χ1n) is 13.5. The molecule has 2 heteroatoms. The average Bonchev–Trinajstić information content (AvgIpc) is 2.69. The third-order valence-corrected chi connectivity index (χ3v) is 13.4. The lowest BCUT2D eigenvalue weighted by Crippen LogP contribution is -2.69. The SMILES string of the molecule is CC1(C)CC[C@]2(C)CC[C@]3(C)[C@H]4CC[C@@]5(C)[C@@H](C=CC(=O)[C@@]5(C)O)[C@]4(C)CC[C@@]3(C)[C@@H]2C1. The van der Waals surface area contributed by atoms with Crippen molar-refractivity contribution in [2.24, 2.45) is 50.2 Å². The maximum atomic E-state index is 12.7. The highest BCUT2D eigenvalue weighted by Crippen LogP contribution is 2.78. The molecule has 4 fully saturated rings. The highest BCUT2D eigenvalue weighted by molar-refractivity contribution is 5.98. The highest BCUT2D eigenvalue weighted by Gasteiger charge is 2.71. The maximum Gasteiger partial charge on any atom is 0.187 e. The fraction of sp³-hybridized carbons (Fsp3) is 0.900. The Kier molecular flexibility index (Phi) is 4.57. The molecule has 9 atom stereocenters. The van der Waals surface area contributed by atoms with Crippen molar-refractivity contribution in [1.82, 2.24) is 0 Å². The van der Waals surface area contributed by atoms with Crippen LogP contribution in [0.2, 0.25) is 0 Å². The van der Waals surface area contributed by atoms with E-state index < -0.39 is 5.60 Å². The molecule has 5 aliphatic carbocycles. The molecule has 0 aromatic heterocycles. The Bertz CT molecular complexity index is 868. The number of hydrogen-bond acceptors (Lipinski definition) is 2. The van der Waals surface area contributed by atoms with Gasteiger partial charge in [0.2, 0.25) is 0 Å². The van der Waals surface area contributed by atoms with Gasteiger partial charge in [0.15, 0.2) is 5.78 Å². The molecule has 0 bridgehead atoms. The number of aliphatic hydroxyl groups is 1. The second-order valence-corrected chi connectivity index (χ2v) is 15.2. The normalized spacial score (nSPS) is 58.9. The van der Waals surface area contributed by atoms with Gasteiger partial charge in [-0.15, -0.1) is 0 Å². The van der Waals surface area contributed by atoms with E-state index in [1.807, 2.05) is 0 Å². The van der Waals surface area contributed by atoms with Gasteiger partial charge in [0, 0.05) is 5.41 Å². The fourth-order valence-electron chi connectivity index (χ4n) is 10.6. The Morgan fingerprint density at radius 3 is 2.03 bits per heavy atom. The molecule has 0 amide bonds. The van der Waals surface area contributed by atoms with Crippen LogP contribution in [0.1, 0.15) is 113 Å². The van der Waals surface area contributed by atoms with E-state index in [9.17, 15) is 9.90 Å². The molecule has 0 aromatic carbocycles. The van der Waals surface area contributed by atoms with Crippen LogP contribution in [-0.4, -0.2) is 16.5 Å². The lowest BCUT2D eigenvalue weighted by atomic mass is 9.30. The van der Waals surface area contributed by atoms with Crippen LogP contribution in [0.5, 0.6) is 0 Å². The summed E-state index contributed by atoms with van der Waals surface area (Å²) in [6, 6.07) is 0. The monoisotopic (exact) mass is 440 g/mol. The second kappa shape index (κ2) is 6.32. The molecule has 1 N–H and O–H groups in total. The predicted molar refractivity (Wildman–Crippen MR) is 131 cm³/mol. The summed E-state index contributed by atoms with van der Waals surface area (Å²) >= 11 is 0. The molecule has 4 saturated carbocycles. The van der Waals surface area contributed by atoms with E-state index in [4.69, 9.17) is 0 Å². The van der Waals surface area contributed by atoms with E-state index in [0.29, 0.717) is 27.6 Å². The van der Waals surface area contributed by atoms with Crippen LogP contribution in [0.4, 0.5) is 0 Å². The number of rotatable bonds is 0. The third-order valence-electron chi connectivity index (χ3n) is 13.4. The summed E-state index contributed by atoms with van der Waals surface area (Å²) in [5.74, 6) is 1.65. The van der Waals surface area contributed by atoms with Crippen LogP contribution in [0.15, 0.2) is 12.2 Å². The standard InChI is InChI=1S/C30H48O2/c1-24(2)13-14-25(3)15-17-27(5)21-11-12-29(7)20(9-10-23(31)30(29,8)32)26(21,4)16-18-28(27,6)22(25)19-24/h9-10,20-22,32H,11-19H2,1-8H3/t20-,21-,22+,25+,26-,27+,28-,29-,30+/m0/s1. The first-order valence-corrected chi connectivity index (χ1v) is 13.5. The number of allylic oxidation sites excluding steroid dienone is 1. The van der Waals surface area contributed by atoms with Gasteiger partial charge < -0.3 is 5.11 Å². The van der Waals surface area contributed by atoms with Gasteiger partial charge >= 0.3 is 0 Å².